The van der Waals surface area contributed by atoms with Gasteiger partial charge in [-0.3, -0.25) is 4.40 Å². The summed E-state index contributed by atoms with van der Waals surface area (Å²) in [6, 6.07) is 3.94. The summed E-state index contributed by atoms with van der Waals surface area (Å²) in [5, 5.41) is 5.71. The van der Waals surface area contributed by atoms with Gasteiger partial charge in [-0.1, -0.05) is 0 Å². The third-order valence-electron chi connectivity index (χ3n) is 2.89. The summed E-state index contributed by atoms with van der Waals surface area (Å²) >= 11 is 3.47. The Morgan fingerprint density at radius 1 is 1.50 bits per heavy atom. The van der Waals surface area contributed by atoms with E-state index in [-0.39, 0.29) is 6.03 Å². The Morgan fingerprint density at radius 3 is 3.00 bits per heavy atom. The number of hydrogen-bond donors (Lipinski definition) is 2. The van der Waals surface area contributed by atoms with Gasteiger partial charge in [0.15, 0.2) is 0 Å². The molecule has 0 unspecified atom stereocenters. The van der Waals surface area contributed by atoms with Gasteiger partial charge in [0.05, 0.1) is 11.4 Å². The number of rotatable bonds is 2. The Bertz CT molecular complexity index is 618. The Balaban J connectivity index is 1.83. The lowest BCUT2D eigenvalue weighted by molar-refractivity contribution is 0.251. The minimum Gasteiger partial charge on any atom is -0.335 e. The van der Waals surface area contributed by atoms with Gasteiger partial charge < -0.3 is 10.6 Å². The maximum atomic E-state index is 11.6. The lowest BCUT2D eigenvalue weighted by Crippen LogP contribution is -2.30. The molecule has 2 aromatic heterocycles. The average molecular weight is 309 g/mol. The van der Waals surface area contributed by atoms with E-state index in [4.69, 9.17) is 0 Å². The molecule has 1 aliphatic rings. The number of nitrogens with one attached hydrogen (secondary N) is 2. The molecule has 5 nitrogen and oxygen atoms in total. The molecule has 1 fully saturated rings. The van der Waals surface area contributed by atoms with Crippen LogP contribution < -0.4 is 10.6 Å². The number of carbonyl (C=O) groups is 1. The molecule has 0 bridgehead atoms. The molecule has 0 atom stereocenters. The maximum absolute atomic E-state index is 11.6. The first kappa shape index (κ1) is 11.5. The number of amides is 2. The molecule has 3 rings (SSSR count). The van der Waals surface area contributed by atoms with E-state index in [1.165, 1.54) is 0 Å². The minimum atomic E-state index is -0.148. The minimum absolute atomic E-state index is 0.148. The number of imidazole rings is 1. The average Bonchev–Trinajstić information content (AvgIpc) is 3.09. The molecule has 0 radical (unpaired) electrons. The van der Waals surface area contributed by atoms with Gasteiger partial charge in [0.1, 0.15) is 10.3 Å². The van der Waals surface area contributed by atoms with Gasteiger partial charge in [0.25, 0.3) is 0 Å². The standard InChI is InChI=1S/C12H13BrN4O/c1-7-11(13)17-6-9(4-5-10(17)14-7)16-12(18)15-8-2-3-8/h4-6,8H,2-3H2,1H3,(H2,15,16,18). The van der Waals surface area contributed by atoms with Crippen LogP contribution in [0, 0.1) is 6.92 Å². The van der Waals surface area contributed by atoms with E-state index >= 15 is 0 Å². The first-order valence-corrected chi connectivity index (χ1v) is 6.64. The molecule has 0 aromatic carbocycles. The van der Waals surface area contributed by atoms with Crippen LogP contribution in [0.4, 0.5) is 10.5 Å². The largest absolute Gasteiger partial charge is 0.335 e. The topological polar surface area (TPSA) is 58.4 Å². The first-order chi connectivity index (χ1) is 8.63. The van der Waals surface area contributed by atoms with E-state index in [0.29, 0.717) is 6.04 Å². The summed E-state index contributed by atoms with van der Waals surface area (Å²) in [6.45, 7) is 1.93. The summed E-state index contributed by atoms with van der Waals surface area (Å²) in [4.78, 5) is 16.0. The maximum Gasteiger partial charge on any atom is 0.319 e. The predicted molar refractivity (Wildman–Crippen MR) is 72.8 cm³/mol. The molecule has 2 aromatic rings. The third kappa shape index (κ3) is 2.20. The van der Waals surface area contributed by atoms with Gasteiger partial charge in [-0.15, -0.1) is 0 Å². The molecule has 2 heterocycles. The van der Waals surface area contributed by atoms with Crippen molar-refractivity contribution in [2.24, 2.45) is 0 Å². The quantitative estimate of drug-likeness (QED) is 0.896. The molecule has 1 saturated carbocycles. The fourth-order valence-corrected chi connectivity index (χ4v) is 2.16. The van der Waals surface area contributed by atoms with Crippen LogP contribution in [0.1, 0.15) is 18.5 Å². The molecule has 1 aliphatic carbocycles. The molecule has 18 heavy (non-hydrogen) atoms. The number of aryl methyl sites for hydroxylation is 1. The fraction of sp³-hybridized carbons (Fsp3) is 0.333. The van der Waals surface area contributed by atoms with Crippen LogP contribution in [-0.4, -0.2) is 21.5 Å². The number of hydrogen-bond acceptors (Lipinski definition) is 2. The van der Waals surface area contributed by atoms with Crippen molar-refractivity contribution >= 4 is 33.3 Å². The summed E-state index contributed by atoms with van der Waals surface area (Å²) < 4.78 is 2.81. The highest BCUT2D eigenvalue weighted by atomic mass is 79.9. The van der Waals surface area contributed by atoms with Crippen molar-refractivity contribution in [2.45, 2.75) is 25.8 Å². The van der Waals surface area contributed by atoms with Crippen LogP contribution in [0.3, 0.4) is 0 Å². The van der Waals surface area contributed by atoms with Crippen molar-refractivity contribution in [1.29, 1.82) is 0 Å². The van der Waals surface area contributed by atoms with Gasteiger partial charge in [-0.2, -0.15) is 0 Å². The number of urea groups is 1. The number of anilines is 1. The monoisotopic (exact) mass is 308 g/mol. The second-order valence-electron chi connectivity index (χ2n) is 4.51. The second kappa shape index (κ2) is 4.28. The molecular weight excluding hydrogens is 296 g/mol. The summed E-state index contributed by atoms with van der Waals surface area (Å²) in [7, 11) is 0. The SMILES string of the molecule is Cc1nc2ccc(NC(=O)NC3CC3)cn2c1Br. The van der Waals surface area contributed by atoms with E-state index < -0.39 is 0 Å². The fourth-order valence-electron chi connectivity index (χ4n) is 1.79. The van der Waals surface area contributed by atoms with Crippen LogP contribution in [0.2, 0.25) is 0 Å². The normalized spacial score (nSPS) is 14.8. The summed E-state index contributed by atoms with van der Waals surface area (Å²) in [5.41, 5.74) is 2.53. The number of aromatic nitrogens is 2. The van der Waals surface area contributed by atoms with Gasteiger partial charge in [-0.05, 0) is 47.8 Å². The summed E-state index contributed by atoms with van der Waals surface area (Å²) in [6.07, 6.45) is 4.02. The molecule has 94 valence electrons. The van der Waals surface area contributed by atoms with E-state index in [0.717, 1.165) is 34.5 Å². The van der Waals surface area contributed by atoms with Gasteiger partial charge >= 0.3 is 6.03 Å². The molecule has 6 heteroatoms. The van der Waals surface area contributed by atoms with Gasteiger partial charge in [0.2, 0.25) is 0 Å². The Morgan fingerprint density at radius 2 is 2.28 bits per heavy atom. The second-order valence-corrected chi connectivity index (χ2v) is 5.26. The molecule has 0 saturated heterocycles. The zero-order chi connectivity index (χ0) is 12.7. The number of pyridine rings is 1. The lowest BCUT2D eigenvalue weighted by Gasteiger charge is -2.07. The highest BCUT2D eigenvalue weighted by molar-refractivity contribution is 9.10. The van der Waals surface area contributed by atoms with E-state index in [9.17, 15) is 4.79 Å². The van der Waals surface area contributed by atoms with Crippen molar-refractivity contribution in [1.82, 2.24) is 14.7 Å². The van der Waals surface area contributed by atoms with Crippen molar-refractivity contribution in [3.63, 3.8) is 0 Å². The van der Waals surface area contributed by atoms with Crippen LogP contribution in [0.25, 0.3) is 5.65 Å². The molecule has 2 amide bonds. The van der Waals surface area contributed by atoms with E-state index in [2.05, 4.69) is 31.5 Å². The Labute approximate surface area is 113 Å². The zero-order valence-corrected chi connectivity index (χ0v) is 11.5. The highest BCUT2D eigenvalue weighted by Gasteiger charge is 2.23. The van der Waals surface area contributed by atoms with Crippen molar-refractivity contribution in [3.8, 4) is 0 Å². The number of nitrogens with zero attached hydrogens (tertiary/aromatic N) is 2. The smallest absolute Gasteiger partial charge is 0.319 e. The third-order valence-corrected chi connectivity index (χ3v) is 3.85. The van der Waals surface area contributed by atoms with E-state index in [1.807, 2.05) is 29.7 Å². The zero-order valence-electron chi connectivity index (χ0n) is 9.90. The Hall–Kier alpha value is -1.56. The van der Waals surface area contributed by atoms with Crippen LogP contribution in [0.15, 0.2) is 22.9 Å². The molecular formula is C12H13BrN4O. The van der Waals surface area contributed by atoms with Crippen molar-refractivity contribution in [3.05, 3.63) is 28.6 Å². The van der Waals surface area contributed by atoms with Crippen LogP contribution in [-0.2, 0) is 0 Å². The van der Waals surface area contributed by atoms with Crippen LogP contribution in [0.5, 0.6) is 0 Å². The molecule has 2 N–H and O–H groups in total. The van der Waals surface area contributed by atoms with Crippen molar-refractivity contribution < 1.29 is 4.79 Å². The first-order valence-electron chi connectivity index (χ1n) is 5.85. The number of halogens is 1. The highest BCUT2D eigenvalue weighted by Crippen LogP contribution is 2.21. The molecule has 0 aliphatic heterocycles. The van der Waals surface area contributed by atoms with Crippen LogP contribution >= 0.6 is 15.9 Å². The number of carbonyl (C=O) groups excluding carboxylic acids is 1. The predicted octanol–water partition coefficient (Wildman–Crippen LogP) is 2.69. The number of fused-ring (bicyclic) bond motifs is 1. The van der Waals surface area contributed by atoms with Gasteiger partial charge in [-0.25, -0.2) is 9.78 Å². The van der Waals surface area contributed by atoms with Crippen molar-refractivity contribution in [2.75, 3.05) is 5.32 Å². The summed E-state index contributed by atoms with van der Waals surface area (Å²) in [5.74, 6) is 0. The lowest BCUT2D eigenvalue weighted by atomic mass is 10.4. The molecule has 0 spiro atoms. The van der Waals surface area contributed by atoms with Gasteiger partial charge in [0, 0.05) is 12.2 Å². The Kier molecular flexibility index (Phi) is 2.74. The van der Waals surface area contributed by atoms with E-state index in [1.54, 1.807) is 0 Å².